The molecule has 21 heavy (non-hydrogen) atoms. The van der Waals surface area contributed by atoms with Gasteiger partial charge in [-0.05, 0) is 38.5 Å². The van der Waals surface area contributed by atoms with Crippen LogP contribution in [-0.2, 0) is 11.8 Å². The van der Waals surface area contributed by atoms with Crippen LogP contribution < -0.4 is 5.32 Å². The number of carbonyl (C=O) groups is 1. The summed E-state index contributed by atoms with van der Waals surface area (Å²) >= 11 is 0. The Balaban J connectivity index is 2.41. The summed E-state index contributed by atoms with van der Waals surface area (Å²) in [6.07, 6.45) is 3.17. The van der Waals surface area contributed by atoms with Crippen LogP contribution in [0.4, 0.5) is 0 Å². The Bertz CT molecular complexity index is 764. The molecular weight excluding hydrogens is 266 g/mol. The molecule has 2 heterocycles. The maximum Gasteiger partial charge on any atom is 0.262 e. The van der Waals surface area contributed by atoms with Crippen LogP contribution in [0.1, 0.15) is 25.1 Å². The molecule has 0 aliphatic heterocycles. The lowest BCUT2D eigenvalue weighted by Crippen LogP contribution is -2.30. The fourth-order valence-electron chi connectivity index (χ4n) is 2.06. The molecule has 2 aromatic heterocycles. The summed E-state index contributed by atoms with van der Waals surface area (Å²) in [4.78, 5) is 16.2. The largest absolute Gasteiger partial charge is 0.349 e. The van der Waals surface area contributed by atoms with Gasteiger partial charge in [0.25, 0.3) is 5.91 Å². The molecule has 0 atom stereocenters. The monoisotopic (exact) mass is 283 g/mol. The summed E-state index contributed by atoms with van der Waals surface area (Å²) in [6.45, 7) is 5.59. The summed E-state index contributed by atoms with van der Waals surface area (Å²) in [5, 5.41) is 17.0. The summed E-state index contributed by atoms with van der Waals surface area (Å²) in [5.41, 5.74) is 2.40. The van der Waals surface area contributed by atoms with Gasteiger partial charge in [-0.3, -0.25) is 9.48 Å². The molecular formula is C15H17N5O. The fraction of sp³-hybridized carbons (Fsp3) is 0.333. The van der Waals surface area contributed by atoms with Crippen LogP contribution in [0.25, 0.3) is 17.1 Å². The van der Waals surface area contributed by atoms with Crippen molar-refractivity contribution < 1.29 is 4.79 Å². The summed E-state index contributed by atoms with van der Waals surface area (Å²) in [7, 11) is 1.83. The molecule has 0 radical (unpaired) electrons. The smallest absolute Gasteiger partial charge is 0.262 e. The number of pyridine rings is 1. The molecule has 0 saturated carbocycles. The van der Waals surface area contributed by atoms with Crippen molar-refractivity contribution in [3.63, 3.8) is 0 Å². The topological polar surface area (TPSA) is 83.6 Å². The zero-order valence-electron chi connectivity index (χ0n) is 12.5. The zero-order chi connectivity index (χ0) is 15.6. The standard InChI is InChI=1S/C15H17N5O/c1-9(2)18-15(21)12(7-16)5-11-6-13-10(3)19-20(4)14(13)17-8-11/h5-6,8-9H,1-4H3,(H,18,21)/b12-5+. The van der Waals surface area contributed by atoms with Gasteiger partial charge >= 0.3 is 0 Å². The Morgan fingerprint density at radius 3 is 2.86 bits per heavy atom. The lowest BCUT2D eigenvalue weighted by Gasteiger charge is -2.06. The quantitative estimate of drug-likeness (QED) is 0.686. The van der Waals surface area contributed by atoms with E-state index in [0.717, 1.165) is 16.7 Å². The molecule has 0 fully saturated rings. The lowest BCUT2D eigenvalue weighted by molar-refractivity contribution is -0.117. The van der Waals surface area contributed by atoms with Crippen molar-refractivity contribution in [3.8, 4) is 6.07 Å². The van der Waals surface area contributed by atoms with E-state index >= 15 is 0 Å². The second-order valence-corrected chi connectivity index (χ2v) is 5.15. The first-order chi connectivity index (χ1) is 9.92. The van der Waals surface area contributed by atoms with Crippen LogP contribution in [0.5, 0.6) is 0 Å². The highest BCUT2D eigenvalue weighted by Gasteiger charge is 2.11. The molecule has 0 aliphatic carbocycles. The number of amides is 1. The van der Waals surface area contributed by atoms with Gasteiger partial charge in [0, 0.05) is 24.7 Å². The van der Waals surface area contributed by atoms with Crippen molar-refractivity contribution in [2.24, 2.45) is 7.05 Å². The molecule has 6 heteroatoms. The average molecular weight is 283 g/mol. The number of nitrogens with zero attached hydrogens (tertiary/aromatic N) is 4. The van der Waals surface area contributed by atoms with E-state index < -0.39 is 0 Å². The predicted molar refractivity (Wildman–Crippen MR) is 80.1 cm³/mol. The molecule has 0 aliphatic rings. The van der Waals surface area contributed by atoms with Gasteiger partial charge < -0.3 is 5.32 Å². The number of aryl methyl sites for hydroxylation is 2. The van der Waals surface area contributed by atoms with Crippen LogP contribution in [0, 0.1) is 18.3 Å². The zero-order valence-corrected chi connectivity index (χ0v) is 12.5. The maximum absolute atomic E-state index is 11.9. The van der Waals surface area contributed by atoms with Crippen LogP contribution >= 0.6 is 0 Å². The highest BCUT2D eigenvalue weighted by molar-refractivity contribution is 6.02. The highest BCUT2D eigenvalue weighted by Crippen LogP contribution is 2.18. The van der Waals surface area contributed by atoms with Crippen molar-refractivity contribution >= 4 is 23.0 Å². The number of hydrogen-bond acceptors (Lipinski definition) is 4. The van der Waals surface area contributed by atoms with Gasteiger partial charge in [0.05, 0.1) is 5.69 Å². The van der Waals surface area contributed by atoms with Gasteiger partial charge in [0.15, 0.2) is 5.65 Å². The van der Waals surface area contributed by atoms with Gasteiger partial charge in [-0.1, -0.05) is 0 Å². The third-order valence-electron chi connectivity index (χ3n) is 2.98. The number of carbonyl (C=O) groups excluding carboxylic acids is 1. The molecule has 0 aromatic carbocycles. The van der Waals surface area contributed by atoms with Gasteiger partial charge in [-0.25, -0.2) is 4.98 Å². The van der Waals surface area contributed by atoms with E-state index in [1.165, 1.54) is 6.08 Å². The van der Waals surface area contributed by atoms with Gasteiger partial charge in [0.2, 0.25) is 0 Å². The fourth-order valence-corrected chi connectivity index (χ4v) is 2.06. The number of aromatic nitrogens is 3. The van der Waals surface area contributed by atoms with E-state index in [2.05, 4.69) is 15.4 Å². The minimum atomic E-state index is -0.379. The van der Waals surface area contributed by atoms with E-state index in [1.807, 2.05) is 40.0 Å². The van der Waals surface area contributed by atoms with Crippen molar-refractivity contribution in [3.05, 3.63) is 29.1 Å². The SMILES string of the molecule is Cc1nn(C)c2ncc(/C=C(\C#N)C(=O)NC(C)C)cc12. The first kappa shape index (κ1) is 14.7. The second kappa shape index (κ2) is 5.75. The van der Waals surface area contributed by atoms with Crippen LogP contribution in [0.15, 0.2) is 17.8 Å². The summed E-state index contributed by atoms with van der Waals surface area (Å²) < 4.78 is 1.70. The minimum absolute atomic E-state index is 0.0181. The molecule has 108 valence electrons. The van der Waals surface area contributed by atoms with Gasteiger partial charge in [0.1, 0.15) is 11.6 Å². The Morgan fingerprint density at radius 1 is 1.52 bits per heavy atom. The summed E-state index contributed by atoms with van der Waals surface area (Å²) in [6, 6.07) is 3.79. The molecule has 0 bridgehead atoms. The van der Waals surface area contributed by atoms with Crippen molar-refractivity contribution in [1.29, 1.82) is 5.26 Å². The first-order valence-electron chi connectivity index (χ1n) is 6.64. The lowest BCUT2D eigenvalue weighted by atomic mass is 10.1. The van der Waals surface area contributed by atoms with E-state index in [9.17, 15) is 4.79 Å². The third kappa shape index (κ3) is 3.08. The van der Waals surface area contributed by atoms with Crippen LogP contribution in [0.3, 0.4) is 0 Å². The van der Waals surface area contributed by atoms with E-state index in [0.29, 0.717) is 5.56 Å². The Hall–Kier alpha value is -2.68. The molecule has 0 saturated heterocycles. The molecule has 2 aromatic rings. The summed E-state index contributed by atoms with van der Waals surface area (Å²) in [5.74, 6) is -0.379. The van der Waals surface area contributed by atoms with E-state index in [1.54, 1.807) is 10.9 Å². The Morgan fingerprint density at radius 2 is 2.24 bits per heavy atom. The molecule has 6 nitrogen and oxygen atoms in total. The predicted octanol–water partition coefficient (Wildman–Crippen LogP) is 1.71. The molecule has 0 unspecified atom stereocenters. The molecule has 1 N–H and O–H groups in total. The van der Waals surface area contributed by atoms with Crippen molar-refractivity contribution in [2.45, 2.75) is 26.8 Å². The van der Waals surface area contributed by atoms with Gasteiger partial charge in [-0.2, -0.15) is 10.4 Å². The molecule has 2 rings (SSSR count). The highest BCUT2D eigenvalue weighted by atomic mass is 16.1. The Labute approximate surface area is 123 Å². The first-order valence-corrected chi connectivity index (χ1v) is 6.64. The van der Waals surface area contributed by atoms with Gasteiger partial charge in [-0.15, -0.1) is 0 Å². The van der Waals surface area contributed by atoms with Crippen molar-refractivity contribution in [1.82, 2.24) is 20.1 Å². The minimum Gasteiger partial charge on any atom is -0.349 e. The van der Waals surface area contributed by atoms with E-state index in [-0.39, 0.29) is 17.5 Å². The Kier molecular flexibility index (Phi) is 4.03. The molecule has 0 spiro atoms. The second-order valence-electron chi connectivity index (χ2n) is 5.15. The normalized spacial score (nSPS) is 11.7. The van der Waals surface area contributed by atoms with Crippen LogP contribution in [0.2, 0.25) is 0 Å². The van der Waals surface area contributed by atoms with Crippen LogP contribution in [-0.4, -0.2) is 26.7 Å². The number of hydrogen-bond donors (Lipinski definition) is 1. The third-order valence-corrected chi connectivity index (χ3v) is 2.98. The average Bonchev–Trinajstić information content (AvgIpc) is 2.70. The number of nitrogens with one attached hydrogen (secondary N) is 1. The molecule has 1 amide bonds. The van der Waals surface area contributed by atoms with Crippen molar-refractivity contribution in [2.75, 3.05) is 0 Å². The number of nitriles is 1. The number of rotatable bonds is 3. The maximum atomic E-state index is 11.9. The van der Waals surface area contributed by atoms with E-state index in [4.69, 9.17) is 5.26 Å². The number of fused-ring (bicyclic) bond motifs is 1.